The van der Waals surface area contributed by atoms with E-state index in [9.17, 15) is 19.3 Å². The lowest BCUT2D eigenvalue weighted by molar-refractivity contribution is -0.384. The first kappa shape index (κ1) is 18.2. The third-order valence-corrected chi connectivity index (χ3v) is 4.73. The van der Waals surface area contributed by atoms with Crippen LogP contribution in [0.2, 0.25) is 5.02 Å². The molecule has 0 fully saturated rings. The Bertz CT molecular complexity index is 773. The average molecular weight is 369 g/mol. The predicted octanol–water partition coefficient (Wildman–Crippen LogP) is 4.82. The second-order valence-electron chi connectivity index (χ2n) is 4.98. The van der Waals surface area contributed by atoms with E-state index >= 15 is 0 Å². The third kappa shape index (κ3) is 4.94. The zero-order valence-electron chi connectivity index (χ0n) is 12.7. The number of thioether (sulfide) groups is 1. The quantitative estimate of drug-likeness (QED) is 0.586. The van der Waals surface area contributed by atoms with Gasteiger partial charge in [0.15, 0.2) is 0 Å². The Morgan fingerprint density at radius 3 is 2.79 bits per heavy atom. The molecular weight excluding hydrogens is 355 g/mol. The largest absolute Gasteiger partial charge is 0.324 e. The topological polar surface area (TPSA) is 72.2 Å². The molecule has 8 heteroatoms. The number of hydrogen-bond donors (Lipinski definition) is 1. The molecule has 0 aromatic heterocycles. The van der Waals surface area contributed by atoms with Crippen molar-refractivity contribution >= 4 is 40.6 Å². The summed E-state index contributed by atoms with van der Waals surface area (Å²) in [6.45, 7) is 1.86. The lowest BCUT2D eigenvalue weighted by Gasteiger charge is -2.12. The molecule has 1 N–H and O–H groups in total. The Labute approximate surface area is 147 Å². The van der Waals surface area contributed by atoms with Crippen LogP contribution in [0, 0.1) is 15.9 Å². The van der Waals surface area contributed by atoms with Crippen molar-refractivity contribution in [3.63, 3.8) is 0 Å². The van der Waals surface area contributed by atoms with Gasteiger partial charge in [0.05, 0.1) is 21.4 Å². The lowest BCUT2D eigenvalue weighted by Crippen LogP contribution is -2.15. The maximum absolute atomic E-state index is 13.0. The summed E-state index contributed by atoms with van der Waals surface area (Å²) in [5, 5.41) is 13.4. The van der Waals surface area contributed by atoms with E-state index in [1.807, 2.05) is 6.92 Å². The molecule has 0 heterocycles. The van der Waals surface area contributed by atoms with E-state index in [0.717, 1.165) is 11.6 Å². The first-order valence-electron chi connectivity index (χ1n) is 6.97. The number of carbonyl (C=O) groups is 1. The van der Waals surface area contributed by atoms with Crippen LogP contribution in [0.4, 0.5) is 15.8 Å². The van der Waals surface area contributed by atoms with Gasteiger partial charge >= 0.3 is 0 Å². The Morgan fingerprint density at radius 1 is 1.38 bits per heavy atom. The standard InChI is InChI=1S/C16H14ClFN2O3S/c1-10(11-3-2-4-13(7-11)20(22)23)24-9-16(21)19-15-6-5-12(18)8-14(15)17/h2-8,10H,9H2,1H3,(H,19,21)/t10-/m0/s1. The van der Waals surface area contributed by atoms with Crippen molar-refractivity contribution in [1.29, 1.82) is 0 Å². The van der Waals surface area contributed by atoms with Crippen LogP contribution in [0.1, 0.15) is 17.7 Å². The number of benzene rings is 2. The van der Waals surface area contributed by atoms with Crippen molar-refractivity contribution in [3.05, 3.63) is 69.0 Å². The number of nitro groups is 1. The van der Waals surface area contributed by atoms with Gasteiger partial charge in [0.25, 0.3) is 5.69 Å². The second-order valence-corrected chi connectivity index (χ2v) is 6.71. The number of carbonyl (C=O) groups excluding carboxylic acids is 1. The third-order valence-electron chi connectivity index (χ3n) is 3.22. The predicted molar refractivity (Wildman–Crippen MR) is 94.0 cm³/mol. The van der Waals surface area contributed by atoms with E-state index in [1.165, 1.54) is 36.0 Å². The molecule has 5 nitrogen and oxygen atoms in total. The van der Waals surface area contributed by atoms with Crippen molar-refractivity contribution in [1.82, 2.24) is 0 Å². The Balaban J connectivity index is 1.93. The Hall–Kier alpha value is -2.12. The van der Waals surface area contributed by atoms with Crippen molar-refractivity contribution in [3.8, 4) is 0 Å². The van der Waals surface area contributed by atoms with Gasteiger partial charge in [-0.1, -0.05) is 23.7 Å². The molecule has 0 aliphatic carbocycles. The maximum atomic E-state index is 13.0. The van der Waals surface area contributed by atoms with Crippen LogP contribution in [0.25, 0.3) is 0 Å². The van der Waals surface area contributed by atoms with E-state index in [-0.39, 0.29) is 27.6 Å². The molecular formula is C16H14ClFN2O3S. The number of amides is 1. The fourth-order valence-electron chi connectivity index (χ4n) is 1.97. The first-order valence-corrected chi connectivity index (χ1v) is 8.40. The van der Waals surface area contributed by atoms with Gasteiger partial charge in [-0.2, -0.15) is 0 Å². The van der Waals surface area contributed by atoms with Crippen LogP contribution in [-0.2, 0) is 4.79 Å². The van der Waals surface area contributed by atoms with Crippen LogP contribution >= 0.6 is 23.4 Å². The molecule has 2 aromatic rings. The Kier molecular flexibility index (Phi) is 6.16. The van der Waals surface area contributed by atoms with Crippen molar-refractivity contribution in [2.75, 3.05) is 11.1 Å². The molecule has 0 radical (unpaired) electrons. The van der Waals surface area contributed by atoms with E-state index in [1.54, 1.807) is 12.1 Å². The number of nitro benzene ring substituents is 1. The highest BCUT2D eigenvalue weighted by molar-refractivity contribution is 8.00. The summed E-state index contributed by atoms with van der Waals surface area (Å²) >= 11 is 7.19. The summed E-state index contributed by atoms with van der Waals surface area (Å²) in [6.07, 6.45) is 0. The highest BCUT2D eigenvalue weighted by Gasteiger charge is 2.14. The number of non-ortho nitro benzene ring substituents is 1. The molecule has 0 unspecified atom stereocenters. The molecule has 0 bridgehead atoms. The molecule has 0 aliphatic heterocycles. The number of hydrogen-bond acceptors (Lipinski definition) is 4. The number of nitrogens with zero attached hydrogens (tertiary/aromatic N) is 1. The number of halogens is 2. The highest BCUT2D eigenvalue weighted by Crippen LogP contribution is 2.30. The van der Waals surface area contributed by atoms with Crippen LogP contribution in [-0.4, -0.2) is 16.6 Å². The number of nitrogens with one attached hydrogen (secondary N) is 1. The summed E-state index contributed by atoms with van der Waals surface area (Å²) in [4.78, 5) is 22.3. The van der Waals surface area contributed by atoms with E-state index in [0.29, 0.717) is 5.69 Å². The molecule has 0 aliphatic rings. The maximum Gasteiger partial charge on any atom is 0.269 e. The van der Waals surface area contributed by atoms with Gasteiger partial charge in [-0.25, -0.2) is 4.39 Å². The molecule has 0 spiro atoms. The van der Waals surface area contributed by atoms with Crippen molar-refractivity contribution in [2.24, 2.45) is 0 Å². The average Bonchev–Trinajstić information content (AvgIpc) is 2.55. The van der Waals surface area contributed by atoms with Crippen LogP contribution in [0.5, 0.6) is 0 Å². The summed E-state index contributed by atoms with van der Waals surface area (Å²) in [6, 6.07) is 10.0. The van der Waals surface area contributed by atoms with Gasteiger partial charge in [0.1, 0.15) is 5.82 Å². The fourth-order valence-corrected chi connectivity index (χ4v) is 2.99. The lowest BCUT2D eigenvalue weighted by atomic mass is 10.1. The zero-order valence-corrected chi connectivity index (χ0v) is 14.2. The summed E-state index contributed by atoms with van der Waals surface area (Å²) in [7, 11) is 0. The van der Waals surface area contributed by atoms with E-state index in [2.05, 4.69) is 5.32 Å². The van der Waals surface area contributed by atoms with Gasteiger partial charge in [0.2, 0.25) is 5.91 Å². The summed E-state index contributed by atoms with van der Waals surface area (Å²) < 4.78 is 13.0. The van der Waals surface area contributed by atoms with Gasteiger partial charge in [-0.15, -0.1) is 11.8 Å². The fraction of sp³-hybridized carbons (Fsp3) is 0.188. The molecule has 126 valence electrons. The van der Waals surface area contributed by atoms with E-state index < -0.39 is 10.7 Å². The van der Waals surface area contributed by atoms with Gasteiger partial charge in [-0.3, -0.25) is 14.9 Å². The SMILES string of the molecule is C[C@H](SCC(=O)Nc1ccc(F)cc1Cl)c1cccc([N+](=O)[O-])c1. The Morgan fingerprint density at radius 2 is 2.12 bits per heavy atom. The van der Waals surface area contributed by atoms with Crippen LogP contribution in [0.3, 0.4) is 0 Å². The monoisotopic (exact) mass is 368 g/mol. The normalized spacial score (nSPS) is 11.8. The molecule has 2 aromatic carbocycles. The van der Waals surface area contributed by atoms with Gasteiger partial charge < -0.3 is 5.32 Å². The minimum atomic E-state index is -0.480. The minimum absolute atomic E-state index is 0.0162. The number of rotatable bonds is 6. The molecule has 2 rings (SSSR count). The molecule has 0 saturated heterocycles. The molecule has 0 saturated carbocycles. The van der Waals surface area contributed by atoms with Crippen molar-refractivity contribution in [2.45, 2.75) is 12.2 Å². The summed E-state index contributed by atoms with van der Waals surface area (Å²) in [5.74, 6) is -0.630. The van der Waals surface area contributed by atoms with E-state index in [4.69, 9.17) is 11.6 Å². The van der Waals surface area contributed by atoms with Crippen molar-refractivity contribution < 1.29 is 14.1 Å². The first-order chi connectivity index (χ1) is 11.4. The van der Waals surface area contributed by atoms with Gasteiger partial charge in [0, 0.05) is 17.4 Å². The smallest absolute Gasteiger partial charge is 0.269 e. The minimum Gasteiger partial charge on any atom is -0.324 e. The molecule has 1 amide bonds. The van der Waals surface area contributed by atoms with Gasteiger partial charge in [-0.05, 0) is 30.7 Å². The highest BCUT2D eigenvalue weighted by atomic mass is 35.5. The van der Waals surface area contributed by atoms with Crippen LogP contribution < -0.4 is 5.32 Å². The number of anilines is 1. The summed E-state index contributed by atoms with van der Waals surface area (Å²) in [5.41, 5.74) is 1.12. The van der Waals surface area contributed by atoms with Crippen LogP contribution in [0.15, 0.2) is 42.5 Å². The molecule has 24 heavy (non-hydrogen) atoms. The zero-order chi connectivity index (χ0) is 17.7. The second kappa shape index (κ2) is 8.12. The molecule has 1 atom stereocenters.